The van der Waals surface area contributed by atoms with Crippen molar-refractivity contribution in [3.8, 4) is 0 Å². The summed E-state index contributed by atoms with van der Waals surface area (Å²) in [5.41, 5.74) is 9.07. The Kier molecular flexibility index (Phi) is 4.33. The van der Waals surface area contributed by atoms with Crippen molar-refractivity contribution in [3.63, 3.8) is 0 Å². The fraction of sp³-hybridized carbons (Fsp3) is 0.333. The Labute approximate surface area is 98.8 Å². The minimum atomic E-state index is -3.30. The Morgan fingerprint density at radius 2 is 2.06 bits per heavy atom. The van der Waals surface area contributed by atoms with E-state index in [1.165, 1.54) is 12.1 Å². The maximum atomic E-state index is 10.9. The average Bonchev–Trinajstić information content (AvgIpc) is 2.24. The lowest BCUT2D eigenvalue weighted by atomic mass is 10.1. The van der Waals surface area contributed by atoms with Crippen LogP contribution in [-0.2, 0) is 10.0 Å². The van der Waals surface area contributed by atoms with Crippen LogP contribution in [0.15, 0.2) is 29.4 Å². The van der Waals surface area contributed by atoms with E-state index in [1.54, 1.807) is 12.1 Å². The van der Waals surface area contributed by atoms with Crippen molar-refractivity contribution in [2.75, 3.05) is 17.5 Å². The van der Waals surface area contributed by atoms with Crippen LogP contribution in [0.1, 0.15) is 11.7 Å². The summed E-state index contributed by atoms with van der Waals surface area (Å²) in [6, 6.07) is 6.17. The average molecular weight is 256 g/mol. The molecule has 1 aromatic rings. The first kappa shape index (κ1) is 13.3. The number of hydrogen-bond donors (Lipinski definition) is 2. The van der Waals surface area contributed by atoms with E-state index in [2.05, 4.69) is 14.7 Å². The van der Waals surface area contributed by atoms with Gasteiger partial charge in [0, 0.05) is 10.6 Å². The van der Waals surface area contributed by atoms with Gasteiger partial charge in [0.05, 0.1) is 18.9 Å². The number of hydrogen-bond acceptors (Lipinski definition) is 4. The Morgan fingerprint density at radius 3 is 2.53 bits per heavy atom. The van der Waals surface area contributed by atoms with Crippen molar-refractivity contribution in [2.24, 2.45) is 5.11 Å². The predicted octanol–water partition coefficient (Wildman–Crippen LogP) is 1.40. The van der Waals surface area contributed by atoms with Crippen LogP contribution in [-0.4, -0.2) is 26.3 Å². The summed E-state index contributed by atoms with van der Waals surface area (Å²) in [4.78, 5) is 2.54. The summed E-state index contributed by atoms with van der Waals surface area (Å²) in [7, 11) is -3.30. The molecule has 0 saturated heterocycles. The Morgan fingerprint density at radius 1 is 1.47 bits per heavy atom. The largest absolute Gasteiger partial charge is 0.388 e. The van der Waals surface area contributed by atoms with Crippen LogP contribution < -0.4 is 4.72 Å². The number of nitrogens with zero attached hydrogens (tertiary/aromatic N) is 3. The van der Waals surface area contributed by atoms with Crippen LogP contribution in [0.4, 0.5) is 5.69 Å². The number of aliphatic hydroxyl groups is 1. The van der Waals surface area contributed by atoms with Gasteiger partial charge in [0.1, 0.15) is 0 Å². The van der Waals surface area contributed by atoms with Crippen LogP contribution in [0.25, 0.3) is 10.4 Å². The molecule has 92 valence electrons. The molecule has 0 amide bonds. The number of anilines is 1. The van der Waals surface area contributed by atoms with Crippen molar-refractivity contribution >= 4 is 15.7 Å². The smallest absolute Gasteiger partial charge is 0.229 e. The molecule has 1 rings (SSSR count). The number of azide groups is 1. The number of rotatable bonds is 5. The summed E-state index contributed by atoms with van der Waals surface area (Å²) < 4.78 is 24.2. The molecule has 2 N–H and O–H groups in total. The quantitative estimate of drug-likeness (QED) is 0.471. The fourth-order valence-electron chi connectivity index (χ4n) is 1.21. The van der Waals surface area contributed by atoms with Gasteiger partial charge in [0.25, 0.3) is 0 Å². The molecule has 0 saturated carbocycles. The highest BCUT2D eigenvalue weighted by Gasteiger charge is 2.07. The van der Waals surface area contributed by atoms with E-state index in [-0.39, 0.29) is 6.54 Å². The molecule has 0 aliphatic heterocycles. The highest BCUT2D eigenvalue weighted by Crippen LogP contribution is 2.17. The van der Waals surface area contributed by atoms with Crippen molar-refractivity contribution in [2.45, 2.75) is 6.10 Å². The number of aliphatic hydroxyl groups excluding tert-OH is 1. The molecule has 0 aromatic heterocycles. The van der Waals surface area contributed by atoms with Crippen LogP contribution in [0.2, 0.25) is 0 Å². The topological polar surface area (TPSA) is 115 Å². The summed E-state index contributed by atoms with van der Waals surface area (Å²) in [5.74, 6) is 0. The Balaban J connectivity index is 2.77. The van der Waals surface area contributed by atoms with Crippen molar-refractivity contribution in [1.29, 1.82) is 0 Å². The van der Waals surface area contributed by atoms with Gasteiger partial charge in [-0.1, -0.05) is 17.2 Å². The minimum Gasteiger partial charge on any atom is -0.388 e. The van der Waals surface area contributed by atoms with Gasteiger partial charge in [-0.05, 0) is 23.2 Å². The lowest BCUT2D eigenvalue weighted by molar-refractivity contribution is 0.187. The van der Waals surface area contributed by atoms with Crippen LogP contribution in [0.3, 0.4) is 0 Å². The van der Waals surface area contributed by atoms with E-state index in [4.69, 9.17) is 5.53 Å². The van der Waals surface area contributed by atoms with Gasteiger partial charge in [0.15, 0.2) is 0 Å². The van der Waals surface area contributed by atoms with Crippen LogP contribution in [0.5, 0.6) is 0 Å². The highest BCUT2D eigenvalue weighted by atomic mass is 32.2. The minimum absolute atomic E-state index is 0.0602. The first-order valence-corrected chi connectivity index (χ1v) is 6.58. The SMILES string of the molecule is CS(=O)(=O)Nc1ccc([C@H](O)CN=[N+]=[N-])cc1. The summed E-state index contributed by atoms with van der Waals surface area (Å²) >= 11 is 0. The second-order valence-corrected chi connectivity index (χ2v) is 5.17. The molecule has 0 heterocycles. The van der Waals surface area contributed by atoms with E-state index in [1.807, 2.05) is 0 Å². The van der Waals surface area contributed by atoms with E-state index < -0.39 is 16.1 Å². The molecule has 7 nitrogen and oxygen atoms in total. The van der Waals surface area contributed by atoms with Crippen LogP contribution >= 0.6 is 0 Å². The molecule has 0 radical (unpaired) electrons. The van der Waals surface area contributed by atoms with Gasteiger partial charge >= 0.3 is 0 Å². The normalized spacial score (nSPS) is 12.6. The first-order valence-electron chi connectivity index (χ1n) is 4.69. The third-order valence-corrected chi connectivity index (χ3v) is 2.52. The monoisotopic (exact) mass is 256 g/mol. The fourth-order valence-corrected chi connectivity index (χ4v) is 1.77. The molecular formula is C9H12N4O3S. The second kappa shape index (κ2) is 5.53. The molecule has 0 aliphatic rings. The van der Waals surface area contributed by atoms with Gasteiger partial charge in [-0.3, -0.25) is 4.72 Å². The third-order valence-electron chi connectivity index (χ3n) is 1.92. The molecule has 1 atom stereocenters. The third kappa shape index (κ3) is 4.73. The molecule has 0 fully saturated rings. The zero-order chi connectivity index (χ0) is 12.9. The number of nitrogens with one attached hydrogen (secondary N) is 1. The second-order valence-electron chi connectivity index (χ2n) is 3.43. The zero-order valence-electron chi connectivity index (χ0n) is 9.11. The summed E-state index contributed by atoms with van der Waals surface area (Å²) in [6.07, 6.45) is 0.162. The molecule has 0 spiro atoms. The van der Waals surface area contributed by atoms with Crippen LogP contribution in [0, 0.1) is 0 Å². The zero-order valence-corrected chi connectivity index (χ0v) is 9.92. The molecular weight excluding hydrogens is 244 g/mol. The van der Waals surface area contributed by atoms with E-state index >= 15 is 0 Å². The Bertz CT molecular complexity index is 520. The van der Waals surface area contributed by atoms with Crippen molar-refractivity contribution < 1.29 is 13.5 Å². The molecule has 8 heteroatoms. The van der Waals surface area contributed by atoms with E-state index in [0.717, 1.165) is 6.26 Å². The van der Waals surface area contributed by atoms with E-state index in [0.29, 0.717) is 11.3 Å². The van der Waals surface area contributed by atoms with E-state index in [9.17, 15) is 13.5 Å². The summed E-state index contributed by atoms with van der Waals surface area (Å²) in [6.45, 7) is -0.0602. The van der Waals surface area contributed by atoms with Crippen molar-refractivity contribution in [3.05, 3.63) is 40.3 Å². The van der Waals surface area contributed by atoms with Gasteiger partial charge < -0.3 is 5.11 Å². The molecule has 0 unspecified atom stereocenters. The van der Waals surface area contributed by atoms with Gasteiger partial charge in [-0.15, -0.1) is 0 Å². The molecule has 17 heavy (non-hydrogen) atoms. The Hall–Kier alpha value is -1.76. The summed E-state index contributed by atoms with van der Waals surface area (Å²) in [5, 5.41) is 12.8. The van der Waals surface area contributed by atoms with Gasteiger partial charge in [0.2, 0.25) is 10.0 Å². The number of sulfonamides is 1. The maximum absolute atomic E-state index is 10.9. The standard InChI is InChI=1S/C9H12N4O3S/c1-17(15,16)12-8-4-2-7(3-5-8)9(14)6-11-13-10/h2-5,9,12,14H,6H2,1H3/t9-/m1/s1. The molecule has 0 aliphatic carbocycles. The highest BCUT2D eigenvalue weighted by molar-refractivity contribution is 7.92. The molecule has 0 bridgehead atoms. The lowest BCUT2D eigenvalue weighted by Gasteiger charge is -2.09. The molecule has 1 aromatic carbocycles. The number of benzene rings is 1. The van der Waals surface area contributed by atoms with Gasteiger partial charge in [-0.25, -0.2) is 8.42 Å². The lowest BCUT2D eigenvalue weighted by Crippen LogP contribution is -2.09. The predicted molar refractivity (Wildman–Crippen MR) is 63.9 cm³/mol. The van der Waals surface area contributed by atoms with Gasteiger partial charge in [-0.2, -0.15) is 0 Å². The first-order chi connectivity index (χ1) is 7.92. The maximum Gasteiger partial charge on any atom is 0.229 e. The van der Waals surface area contributed by atoms with Crippen molar-refractivity contribution in [1.82, 2.24) is 0 Å².